The third kappa shape index (κ3) is 4.81. The molecule has 1 N–H and O–H groups in total. The highest BCUT2D eigenvalue weighted by Crippen LogP contribution is 2.26. The van der Waals surface area contributed by atoms with E-state index < -0.39 is 0 Å². The molecular weight excluding hydrogens is 380 g/mol. The van der Waals surface area contributed by atoms with E-state index in [2.05, 4.69) is 34.6 Å². The molecule has 29 heavy (non-hydrogen) atoms. The first-order chi connectivity index (χ1) is 14.2. The molecule has 0 unspecified atom stereocenters. The van der Waals surface area contributed by atoms with Gasteiger partial charge in [0.15, 0.2) is 10.8 Å². The zero-order valence-corrected chi connectivity index (χ0v) is 17.0. The fourth-order valence-electron chi connectivity index (χ4n) is 3.29. The first-order valence-electron chi connectivity index (χ1n) is 9.57. The number of nitrogens with one attached hydrogen (secondary N) is 1. The molecule has 0 fully saturated rings. The van der Waals surface area contributed by atoms with Crippen molar-refractivity contribution in [1.82, 2.24) is 10.3 Å². The Kier molecular flexibility index (Phi) is 5.86. The summed E-state index contributed by atoms with van der Waals surface area (Å²) in [4.78, 5) is 17.1. The summed E-state index contributed by atoms with van der Waals surface area (Å²) in [7, 11) is 0. The van der Waals surface area contributed by atoms with Crippen molar-refractivity contribution in [2.45, 2.75) is 19.3 Å². The Morgan fingerprint density at radius 2 is 1.66 bits per heavy atom. The summed E-state index contributed by atoms with van der Waals surface area (Å²) in [6.45, 7) is 2.45. The summed E-state index contributed by atoms with van der Waals surface area (Å²) in [5, 5.41) is 5.80. The van der Waals surface area contributed by atoms with Crippen LogP contribution in [0.3, 0.4) is 0 Å². The first kappa shape index (κ1) is 19.2. The van der Waals surface area contributed by atoms with Crippen molar-refractivity contribution < 1.29 is 9.21 Å². The Hall–Kier alpha value is -3.18. The molecule has 0 aliphatic rings. The summed E-state index contributed by atoms with van der Waals surface area (Å²) < 4.78 is 5.61. The maximum atomic E-state index is 12.6. The van der Waals surface area contributed by atoms with E-state index in [1.807, 2.05) is 60.8 Å². The van der Waals surface area contributed by atoms with E-state index >= 15 is 0 Å². The van der Waals surface area contributed by atoms with Crippen LogP contribution in [-0.4, -0.2) is 17.4 Å². The minimum absolute atomic E-state index is 0.0330. The Balaban J connectivity index is 1.41. The van der Waals surface area contributed by atoms with Gasteiger partial charge in [-0.15, -0.1) is 11.3 Å². The zero-order chi connectivity index (χ0) is 20.1. The van der Waals surface area contributed by atoms with E-state index in [1.54, 1.807) is 0 Å². The number of carbonyl (C=O) groups is 1. The van der Waals surface area contributed by atoms with Crippen molar-refractivity contribution in [2.24, 2.45) is 0 Å². The first-order valence-corrected chi connectivity index (χ1v) is 10.4. The predicted molar refractivity (Wildman–Crippen MR) is 116 cm³/mol. The second kappa shape index (κ2) is 8.88. The maximum Gasteiger partial charge on any atom is 0.226 e. The summed E-state index contributed by atoms with van der Waals surface area (Å²) in [6, 6.07) is 24.3. The number of hydrogen-bond donors (Lipinski definition) is 1. The molecule has 0 saturated heterocycles. The fourth-order valence-corrected chi connectivity index (χ4v) is 4.07. The number of thiazole rings is 1. The van der Waals surface area contributed by atoms with Gasteiger partial charge in [-0.3, -0.25) is 4.79 Å². The van der Waals surface area contributed by atoms with Crippen LogP contribution in [0.4, 0.5) is 0 Å². The molecule has 2 aromatic carbocycles. The lowest BCUT2D eigenvalue weighted by Gasteiger charge is -2.18. The summed E-state index contributed by atoms with van der Waals surface area (Å²) >= 11 is 1.49. The second-order valence-electron chi connectivity index (χ2n) is 6.91. The monoisotopic (exact) mass is 402 g/mol. The van der Waals surface area contributed by atoms with Crippen LogP contribution in [0.1, 0.15) is 28.5 Å². The van der Waals surface area contributed by atoms with Gasteiger partial charge in [0.2, 0.25) is 5.91 Å². The topological polar surface area (TPSA) is 55.1 Å². The van der Waals surface area contributed by atoms with Gasteiger partial charge in [0.25, 0.3) is 0 Å². The number of aromatic nitrogens is 1. The largest absolute Gasteiger partial charge is 0.459 e. The quantitative estimate of drug-likeness (QED) is 0.462. The SMILES string of the molecule is Cc1ccc(-c2nc(CC(=O)NCC(c3ccccc3)c3ccccc3)cs2)o1. The number of benzene rings is 2. The molecule has 2 aromatic heterocycles. The number of nitrogens with zero attached hydrogens (tertiary/aromatic N) is 1. The van der Waals surface area contributed by atoms with E-state index in [4.69, 9.17) is 4.42 Å². The van der Waals surface area contributed by atoms with Crippen molar-refractivity contribution in [3.05, 3.63) is 101 Å². The molecule has 4 nitrogen and oxygen atoms in total. The van der Waals surface area contributed by atoms with Gasteiger partial charge in [-0.1, -0.05) is 60.7 Å². The van der Waals surface area contributed by atoms with Crippen LogP contribution >= 0.6 is 11.3 Å². The van der Waals surface area contributed by atoms with Gasteiger partial charge >= 0.3 is 0 Å². The number of hydrogen-bond acceptors (Lipinski definition) is 4. The average molecular weight is 403 g/mol. The number of aryl methyl sites for hydroxylation is 1. The maximum absolute atomic E-state index is 12.6. The molecule has 0 atom stereocenters. The van der Waals surface area contributed by atoms with Crippen LogP contribution in [0, 0.1) is 6.92 Å². The minimum Gasteiger partial charge on any atom is -0.459 e. The molecular formula is C24H22N2O2S. The highest BCUT2D eigenvalue weighted by atomic mass is 32.1. The van der Waals surface area contributed by atoms with Gasteiger partial charge in [0, 0.05) is 17.8 Å². The molecule has 0 saturated carbocycles. The highest BCUT2D eigenvalue weighted by Gasteiger charge is 2.16. The van der Waals surface area contributed by atoms with E-state index in [1.165, 1.54) is 22.5 Å². The van der Waals surface area contributed by atoms with Crippen LogP contribution < -0.4 is 5.32 Å². The standard InChI is InChI=1S/C24H22N2O2S/c1-17-12-13-22(28-17)24-26-20(16-29-24)14-23(27)25-15-21(18-8-4-2-5-9-18)19-10-6-3-7-11-19/h2-13,16,21H,14-15H2,1H3,(H,25,27). The van der Waals surface area contributed by atoms with Crippen LogP contribution in [0.5, 0.6) is 0 Å². The summed E-state index contributed by atoms with van der Waals surface area (Å²) in [5.41, 5.74) is 3.12. The normalized spacial score (nSPS) is 11.0. The Morgan fingerprint density at radius 3 is 2.24 bits per heavy atom. The third-order valence-corrected chi connectivity index (χ3v) is 5.66. The number of carbonyl (C=O) groups excluding carboxylic acids is 1. The number of rotatable bonds is 7. The van der Waals surface area contributed by atoms with E-state index in [0.717, 1.165) is 22.2 Å². The van der Waals surface area contributed by atoms with Crippen molar-refractivity contribution >= 4 is 17.2 Å². The second-order valence-corrected chi connectivity index (χ2v) is 7.77. The molecule has 1 amide bonds. The van der Waals surface area contributed by atoms with E-state index in [9.17, 15) is 4.79 Å². The predicted octanol–water partition coefficient (Wildman–Crippen LogP) is 5.20. The molecule has 0 aliphatic carbocycles. The van der Waals surface area contributed by atoms with Crippen LogP contribution in [0.15, 0.2) is 82.6 Å². The Labute approximate surface area is 174 Å². The van der Waals surface area contributed by atoms with Gasteiger partial charge < -0.3 is 9.73 Å². The third-order valence-electron chi connectivity index (χ3n) is 4.75. The molecule has 5 heteroatoms. The lowest BCUT2D eigenvalue weighted by atomic mass is 9.91. The minimum atomic E-state index is -0.0330. The lowest BCUT2D eigenvalue weighted by molar-refractivity contribution is -0.120. The molecule has 4 rings (SSSR count). The molecule has 2 heterocycles. The molecule has 146 valence electrons. The van der Waals surface area contributed by atoms with Gasteiger partial charge in [-0.05, 0) is 30.2 Å². The lowest BCUT2D eigenvalue weighted by Crippen LogP contribution is -2.30. The molecule has 4 aromatic rings. The average Bonchev–Trinajstić information content (AvgIpc) is 3.39. The van der Waals surface area contributed by atoms with Crippen LogP contribution in [0.2, 0.25) is 0 Å². The molecule has 0 aliphatic heterocycles. The van der Waals surface area contributed by atoms with Crippen molar-refractivity contribution in [1.29, 1.82) is 0 Å². The van der Waals surface area contributed by atoms with Gasteiger partial charge in [-0.2, -0.15) is 0 Å². The molecule has 0 spiro atoms. The smallest absolute Gasteiger partial charge is 0.226 e. The van der Waals surface area contributed by atoms with E-state index in [0.29, 0.717) is 6.54 Å². The zero-order valence-electron chi connectivity index (χ0n) is 16.2. The summed E-state index contributed by atoms with van der Waals surface area (Å²) in [6.07, 6.45) is 0.256. The van der Waals surface area contributed by atoms with Crippen LogP contribution in [0.25, 0.3) is 10.8 Å². The Bertz CT molecular complexity index is 1030. The molecule has 0 bridgehead atoms. The Morgan fingerprint density at radius 1 is 1.00 bits per heavy atom. The highest BCUT2D eigenvalue weighted by molar-refractivity contribution is 7.13. The van der Waals surface area contributed by atoms with Crippen molar-refractivity contribution in [2.75, 3.05) is 6.54 Å². The molecule has 0 radical (unpaired) electrons. The van der Waals surface area contributed by atoms with Gasteiger partial charge in [0.05, 0.1) is 12.1 Å². The van der Waals surface area contributed by atoms with Crippen molar-refractivity contribution in [3.63, 3.8) is 0 Å². The van der Waals surface area contributed by atoms with Crippen LogP contribution in [-0.2, 0) is 11.2 Å². The fraction of sp³-hybridized carbons (Fsp3) is 0.167. The van der Waals surface area contributed by atoms with Gasteiger partial charge in [-0.25, -0.2) is 4.98 Å². The number of amides is 1. The van der Waals surface area contributed by atoms with Crippen molar-refractivity contribution in [3.8, 4) is 10.8 Å². The van der Waals surface area contributed by atoms with E-state index in [-0.39, 0.29) is 18.2 Å². The van der Waals surface area contributed by atoms with Gasteiger partial charge in [0.1, 0.15) is 5.76 Å². The summed E-state index contributed by atoms with van der Waals surface area (Å²) in [5.74, 6) is 1.67. The number of furan rings is 1.